The molecule has 1 heterocycles. The number of aldehydes is 1. The van der Waals surface area contributed by atoms with Gasteiger partial charge in [-0.15, -0.1) is 0 Å². The van der Waals surface area contributed by atoms with Gasteiger partial charge in [0.15, 0.2) is 12.1 Å². The molecule has 15 heavy (non-hydrogen) atoms. The minimum atomic E-state index is -2.91. The van der Waals surface area contributed by atoms with E-state index in [4.69, 9.17) is 0 Å². The molecule has 84 valence electrons. The van der Waals surface area contributed by atoms with Crippen LogP contribution in [0.25, 0.3) is 0 Å². The van der Waals surface area contributed by atoms with Crippen LogP contribution in [0.5, 0.6) is 0 Å². The van der Waals surface area contributed by atoms with Crippen molar-refractivity contribution in [3.63, 3.8) is 0 Å². The fourth-order valence-electron chi connectivity index (χ4n) is 1.23. The SMILES string of the molecule is CCS(=O)(=O)CCCn1ccnc1C=O. The lowest BCUT2D eigenvalue weighted by Crippen LogP contribution is -2.12. The van der Waals surface area contributed by atoms with Gasteiger partial charge in [0.1, 0.15) is 9.84 Å². The molecule has 0 unspecified atom stereocenters. The van der Waals surface area contributed by atoms with Gasteiger partial charge in [0, 0.05) is 24.7 Å². The first-order valence-corrected chi connectivity index (χ1v) is 6.58. The predicted octanol–water partition coefficient (Wildman–Crippen LogP) is 0.520. The number of aromatic nitrogens is 2. The molecule has 0 amide bonds. The maximum Gasteiger partial charge on any atom is 0.185 e. The molecular weight excluding hydrogens is 216 g/mol. The second-order valence-corrected chi connectivity index (χ2v) is 5.66. The van der Waals surface area contributed by atoms with Crippen LogP contribution in [-0.2, 0) is 16.4 Å². The molecule has 0 saturated heterocycles. The second kappa shape index (κ2) is 5.06. The van der Waals surface area contributed by atoms with Gasteiger partial charge in [-0.2, -0.15) is 0 Å². The van der Waals surface area contributed by atoms with E-state index in [1.807, 2.05) is 0 Å². The summed E-state index contributed by atoms with van der Waals surface area (Å²) < 4.78 is 24.0. The molecule has 0 radical (unpaired) electrons. The van der Waals surface area contributed by atoms with Crippen molar-refractivity contribution in [3.05, 3.63) is 18.2 Å². The standard InChI is InChI=1S/C9H14N2O3S/c1-2-15(13,14)7-3-5-11-6-4-10-9(11)8-12/h4,6,8H,2-3,5,7H2,1H3. The zero-order chi connectivity index (χ0) is 11.3. The van der Waals surface area contributed by atoms with E-state index >= 15 is 0 Å². The number of aryl methyl sites for hydroxylation is 1. The number of hydrogen-bond donors (Lipinski definition) is 0. The lowest BCUT2D eigenvalue weighted by atomic mass is 10.4. The second-order valence-electron chi connectivity index (χ2n) is 3.19. The lowest BCUT2D eigenvalue weighted by molar-refractivity contribution is 0.111. The van der Waals surface area contributed by atoms with Crippen molar-refractivity contribution in [2.45, 2.75) is 19.9 Å². The largest absolute Gasteiger partial charge is 0.329 e. The highest BCUT2D eigenvalue weighted by molar-refractivity contribution is 7.91. The lowest BCUT2D eigenvalue weighted by Gasteiger charge is -2.03. The van der Waals surface area contributed by atoms with E-state index in [1.54, 1.807) is 17.7 Å². The molecule has 0 saturated carbocycles. The molecule has 1 aromatic rings. The van der Waals surface area contributed by atoms with E-state index in [1.165, 1.54) is 6.20 Å². The van der Waals surface area contributed by atoms with Crippen molar-refractivity contribution >= 4 is 16.1 Å². The number of rotatable bonds is 6. The summed E-state index contributed by atoms with van der Waals surface area (Å²) in [4.78, 5) is 14.3. The van der Waals surface area contributed by atoms with Crippen LogP contribution in [0.1, 0.15) is 24.0 Å². The third-order valence-electron chi connectivity index (χ3n) is 2.15. The zero-order valence-corrected chi connectivity index (χ0v) is 9.40. The first-order chi connectivity index (χ1) is 7.09. The molecule has 6 heteroatoms. The van der Waals surface area contributed by atoms with Gasteiger partial charge in [-0.05, 0) is 6.42 Å². The van der Waals surface area contributed by atoms with E-state index in [0.29, 0.717) is 25.1 Å². The maximum absolute atomic E-state index is 11.2. The molecule has 0 aromatic carbocycles. The Balaban J connectivity index is 2.48. The number of hydrogen-bond acceptors (Lipinski definition) is 4. The molecule has 0 aliphatic rings. The van der Waals surface area contributed by atoms with Crippen LogP contribution in [-0.4, -0.2) is 35.8 Å². The van der Waals surface area contributed by atoms with E-state index in [0.717, 1.165) is 0 Å². The van der Waals surface area contributed by atoms with Gasteiger partial charge >= 0.3 is 0 Å². The summed E-state index contributed by atoms with van der Waals surface area (Å²) in [6.07, 6.45) is 4.36. The highest BCUT2D eigenvalue weighted by atomic mass is 32.2. The fraction of sp³-hybridized carbons (Fsp3) is 0.556. The zero-order valence-electron chi connectivity index (χ0n) is 8.59. The number of nitrogens with zero attached hydrogens (tertiary/aromatic N) is 2. The third-order valence-corrected chi connectivity index (χ3v) is 3.94. The summed E-state index contributed by atoms with van der Waals surface area (Å²) in [5.74, 6) is 0.654. The quantitative estimate of drug-likeness (QED) is 0.668. The highest BCUT2D eigenvalue weighted by Gasteiger charge is 2.07. The van der Waals surface area contributed by atoms with E-state index in [2.05, 4.69) is 4.98 Å². The van der Waals surface area contributed by atoms with Crippen molar-refractivity contribution in [1.82, 2.24) is 9.55 Å². The predicted molar refractivity (Wildman–Crippen MR) is 56.6 cm³/mol. The van der Waals surface area contributed by atoms with Gasteiger partial charge in [-0.3, -0.25) is 4.79 Å². The summed E-state index contributed by atoms with van der Waals surface area (Å²) in [7, 11) is -2.91. The molecule has 0 fully saturated rings. The van der Waals surface area contributed by atoms with Crippen molar-refractivity contribution in [3.8, 4) is 0 Å². The number of sulfone groups is 1. The molecule has 0 aliphatic carbocycles. The van der Waals surface area contributed by atoms with Crippen molar-refractivity contribution in [2.75, 3.05) is 11.5 Å². The van der Waals surface area contributed by atoms with Crippen LogP contribution >= 0.6 is 0 Å². The average molecular weight is 230 g/mol. The topological polar surface area (TPSA) is 69.0 Å². The number of imidazole rings is 1. The number of carbonyl (C=O) groups is 1. The first-order valence-electron chi connectivity index (χ1n) is 4.76. The Bertz CT molecular complexity index is 422. The molecule has 0 bridgehead atoms. The van der Waals surface area contributed by atoms with Gasteiger partial charge in [-0.25, -0.2) is 13.4 Å². The van der Waals surface area contributed by atoms with Gasteiger partial charge < -0.3 is 4.57 Å². The fourth-order valence-corrected chi connectivity index (χ4v) is 2.08. The molecular formula is C9H14N2O3S. The molecule has 0 atom stereocenters. The van der Waals surface area contributed by atoms with Gasteiger partial charge in [-0.1, -0.05) is 6.92 Å². The summed E-state index contributed by atoms with van der Waals surface area (Å²) in [6, 6.07) is 0. The Morgan fingerprint density at radius 2 is 2.27 bits per heavy atom. The van der Waals surface area contributed by atoms with Crippen molar-refractivity contribution < 1.29 is 13.2 Å². The van der Waals surface area contributed by atoms with Crippen LogP contribution in [0.3, 0.4) is 0 Å². The molecule has 0 spiro atoms. The van der Waals surface area contributed by atoms with Gasteiger partial charge in [0.05, 0.1) is 5.75 Å². The summed E-state index contributed by atoms with van der Waals surface area (Å²) in [6.45, 7) is 2.14. The number of carbonyl (C=O) groups excluding carboxylic acids is 1. The van der Waals surface area contributed by atoms with E-state index < -0.39 is 9.84 Å². The Hall–Kier alpha value is -1.17. The summed E-state index contributed by atoms with van der Waals surface area (Å²) in [5, 5.41) is 0. The average Bonchev–Trinajstić information content (AvgIpc) is 2.65. The van der Waals surface area contributed by atoms with Crippen LogP contribution < -0.4 is 0 Å². The third kappa shape index (κ3) is 3.47. The van der Waals surface area contributed by atoms with E-state index in [9.17, 15) is 13.2 Å². The van der Waals surface area contributed by atoms with Gasteiger partial charge in [0.25, 0.3) is 0 Å². The molecule has 0 N–H and O–H groups in total. The summed E-state index contributed by atoms with van der Waals surface area (Å²) >= 11 is 0. The molecule has 5 nitrogen and oxygen atoms in total. The van der Waals surface area contributed by atoms with Crippen LogP contribution in [0.15, 0.2) is 12.4 Å². The Morgan fingerprint density at radius 3 is 2.87 bits per heavy atom. The maximum atomic E-state index is 11.2. The van der Waals surface area contributed by atoms with Crippen molar-refractivity contribution in [1.29, 1.82) is 0 Å². The minimum absolute atomic E-state index is 0.153. The highest BCUT2D eigenvalue weighted by Crippen LogP contribution is 2.00. The Morgan fingerprint density at radius 1 is 1.53 bits per heavy atom. The minimum Gasteiger partial charge on any atom is -0.329 e. The smallest absolute Gasteiger partial charge is 0.185 e. The van der Waals surface area contributed by atoms with Crippen molar-refractivity contribution in [2.24, 2.45) is 0 Å². The van der Waals surface area contributed by atoms with Gasteiger partial charge in [0.2, 0.25) is 0 Å². The van der Waals surface area contributed by atoms with Crippen LogP contribution in [0.2, 0.25) is 0 Å². The molecule has 1 aromatic heterocycles. The summed E-state index contributed by atoms with van der Waals surface area (Å²) in [5.41, 5.74) is 0. The van der Waals surface area contributed by atoms with Crippen LogP contribution in [0.4, 0.5) is 0 Å². The monoisotopic (exact) mass is 230 g/mol. The molecule has 0 aliphatic heterocycles. The van der Waals surface area contributed by atoms with E-state index in [-0.39, 0.29) is 11.5 Å². The molecule has 1 rings (SSSR count). The Labute approximate surface area is 89.0 Å². The first kappa shape index (κ1) is 11.9. The van der Waals surface area contributed by atoms with Crippen LogP contribution in [0, 0.1) is 0 Å². The Kier molecular flexibility index (Phi) is 4.02. The normalized spacial score (nSPS) is 11.5.